The highest BCUT2D eigenvalue weighted by atomic mass is 16.1. The minimum Gasteiger partial charge on any atom is -0.346 e. The third kappa shape index (κ3) is 2.67. The molecule has 4 N–H and O–H groups in total. The highest BCUT2D eigenvalue weighted by molar-refractivity contribution is 6.08. The van der Waals surface area contributed by atoms with Crippen molar-refractivity contribution in [2.45, 2.75) is 31.7 Å². The first kappa shape index (κ1) is 14.9. The summed E-state index contributed by atoms with van der Waals surface area (Å²) in [6, 6.07) is 9.68. The molecular weight excluding hydrogens is 300 g/mol. The molecule has 2 heterocycles. The number of nitrogens with two attached hydrogens (primary N) is 1. The highest BCUT2D eigenvalue weighted by Crippen LogP contribution is 2.28. The van der Waals surface area contributed by atoms with Gasteiger partial charge in [0.05, 0.1) is 5.69 Å². The van der Waals surface area contributed by atoms with Crippen molar-refractivity contribution in [3.8, 4) is 0 Å². The third-order valence-electron chi connectivity index (χ3n) is 4.72. The molecule has 24 heavy (non-hydrogen) atoms. The number of carbonyl (C=O) groups excluding carboxylic acids is 1. The van der Waals surface area contributed by atoms with E-state index >= 15 is 0 Å². The third-order valence-corrected chi connectivity index (χ3v) is 4.72. The Hall–Kier alpha value is -2.66. The number of benzene rings is 1. The quantitative estimate of drug-likeness (QED) is 0.631. The van der Waals surface area contributed by atoms with Crippen molar-refractivity contribution in [1.29, 1.82) is 0 Å². The maximum absolute atomic E-state index is 12.7. The van der Waals surface area contributed by atoms with Crippen molar-refractivity contribution in [3.05, 3.63) is 59.4 Å². The fraction of sp³-hybridized carbons (Fsp3) is 0.263. The van der Waals surface area contributed by atoms with Gasteiger partial charge in [-0.2, -0.15) is 0 Å². The zero-order valence-electron chi connectivity index (χ0n) is 13.4. The number of nitrogens with zero attached hydrogens (tertiary/aromatic N) is 1. The molecule has 0 fully saturated rings. The summed E-state index contributed by atoms with van der Waals surface area (Å²) < 4.78 is 0. The molecule has 5 nitrogen and oxygen atoms in total. The summed E-state index contributed by atoms with van der Waals surface area (Å²) in [5.74, 6) is -0.107. The first-order chi connectivity index (χ1) is 11.7. The highest BCUT2D eigenvalue weighted by Gasteiger charge is 2.17. The molecule has 0 saturated heterocycles. The zero-order chi connectivity index (χ0) is 16.5. The second-order valence-corrected chi connectivity index (χ2v) is 6.32. The summed E-state index contributed by atoms with van der Waals surface area (Å²) in [7, 11) is 0. The van der Waals surface area contributed by atoms with Gasteiger partial charge in [-0.05, 0) is 54.7 Å². The van der Waals surface area contributed by atoms with Crippen LogP contribution in [-0.2, 0) is 6.42 Å². The van der Waals surface area contributed by atoms with E-state index in [-0.39, 0.29) is 11.9 Å². The van der Waals surface area contributed by atoms with Crippen LogP contribution >= 0.6 is 0 Å². The van der Waals surface area contributed by atoms with Crippen LogP contribution in [0, 0.1) is 0 Å². The number of hydrogen-bond acceptors (Lipinski definition) is 3. The summed E-state index contributed by atoms with van der Waals surface area (Å²) in [6.45, 7) is 0. The van der Waals surface area contributed by atoms with E-state index in [4.69, 9.17) is 5.73 Å². The van der Waals surface area contributed by atoms with Gasteiger partial charge in [0.15, 0.2) is 0 Å². The van der Waals surface area contributed by atoms with E-state index < -0.39 is 0 Å². The second-order valence-electron chi connectivity index (χ2n) is 6.32. The van der Waals surface area contributed by atoms with Gasteiger partial charge in [-0.3, -0.25) is 4.79 Å². The number of anilines is 1. The van der Waals surface area contributed by atoms with Gasteiger partial charge in [-0.15, -0.1) is 0 Å². The number of aryl methyl sites for hydroxylation is 1. The first-order valence-corrected chi connectivity index (χ1v) is 8.34. The number of rotatable bonds is 2. The molecule has 1 aromatic carbocycles. The predicted octanol–water partition coefficient (Wildman–Crippen LogP) is 3.54. The Morgan fingerprint density at radius 3 is 3.08 bits per heavy atom. The molecule has 122 valence electrons. The van der Waals surface area contributed by atoms with E-state index in [9.17, 15) is 4.79 Å². The lowest BCUT2D eigenvalue weighted by molar-refractivity contribution is 0.102. The van der Waals surface area contributed by atoms with E-state index in [0.29, 0.717) is 5.56 Å². The molecule has 1 aliphatic carbocycles. The Kier molecular flexibility index (Phi) is 3.78. The van der Waals surface area contributed by atoms with Crippen LogP contribution < -0.4 is 11.1 Å². The molecule has 0 radical (unpaired) electrons. The monoisotopic (exact) mass is 320 g/mol. The van der Waals surface area contributed by atoms with Gasteiger partial charge in [0.1, 0.15) is 5.65 Å². The normalized spacial score (nSPS) is 17.3. The Labute approximate surface area is 140 Å². The van der Waals surface area contributed by atoms with Gasteiger partial charge < -0.3 is 16.0 Å². The minimum atomic E-state index is -0.107. The Morgan fingerprint density at radius 1 is 1.25 bits per heavy atom. The number of fused-ring (bicyclic) bond motifs is 2. The van der Waals surface area contributed by atoms with E-state index in [0.717, 1.165) is 42.4 Å². The minimum absolute atomic E-state index is 0.0827. The van der Waals surface area contributed by atoms with Gasteiger partial charge in [0, 0.05) is 29.4 Å². The van der Waals surface area contributed by atoms with E-state index in [1.807, 2.05) is 36.5 Å². The van der Waals surface area contributed by atoms with Crippen LogP contribution in [0.5, 0.6) is 0 Å². The number of H-pyrrole nitrogens is 1. The van der Waals surface area contributed by atoms with Crippen LogP contribution in [0.3, 0.4) is 0 Å². The summed E-state index contributed by atoms with van der Waals surface area (Å²) >= 11 is 0. The Bertz CT molecular complexity index is 899. The molecule has 2 aromatic heterocycles. The first-order valence-electron chi connectivity index (χ1n) is 8.34. The molecule has 4 rings (SSSR count). The van der Waals surface area contributed by atoms with E-state index in [2.05, 4.69) is 15.3 Å². The molecule has 5 heteroatoms. The second kappa shape index (κ2) is 6.09. The van der Waals surface area contributed by atoms with Crippen LogP contribution in [-0.4, -0.2) is 15.9 Å². The molecule has 1 amide bonds. The number of aromatic nitrogens is 2. The molecule has 3 aromatic rings. The topological polar surface area (TPSA) is 83.8 Å². The molecule has 0 bridgehead atoms. The Morgan fingerprint density at radius 2 is 2.17 bits per heavy atom. The van der Waals surface area contributed by atoms with Crippen molar-refractivity contribution in [2.24, 2.45) is 5.73 Å². The number of nitrogens with one attached hydrogen (secondary N) is 2. The lowest BCUT2D eigenvalue weighted by Crippen LogP contribution is -2.15. The van der Waals surface area contributed by atoms with Crippen molar-refractivity contribution < 1.29 is 4.79 Å². The van der Waals surface area contributed by atoms with Crippen molar-refractivity contribution in [3.63, 3.8) is 0 Å². The maximum atomic E-state index is 12.7. The zero-order valence-corrected chi connectivity index (χ0v) is 13.4. The fourth-order valence-electron chi connectivity index (χ4n) is 3.42. The van der Waals surface area contributed by atoms with E-state index in [1.165, 1.54) is 11.1 Å². The summed E-state index contributed by atoms with van der Waals surface area (Å²) in [5.41, 5.74) is 10.8. The summed E-state index contributed by atoms with van der Waals surface area (Å²) in [4.78, 5) is 19.9. The number of aromatic amines is 1. The molecule has 0 saturated carbocycles. The standard InChI is InChI=1S/C19H20N4O/c20-16-4-2-1-3-12-11-13(5-6-14(12)16)19(24)23-17-8-10-22-18-15(17)7-9-21-18/h5-11,16H,1-4,20H2,(H2,21,22,23,24)/t16-/m0/s1. The average Bonchev–Trinajstić information content (AvgIpc) is 3.00. The molecule has 1 atom stereocenters. The van der Waals surface area contributed by atoms with Crippen LogP contribution in [0.15, 0.2) is 42.7 Å². The van der Waals surface area contributed by atoms with Gasteiger partial charge in [0.25, 0.3) is 5.91 Å². The summed E-state index contributed by atoms with van der Waals surface area (Å²) in [6.07, 6.45) is 7.77. The molecule has 0 aliphatic heterocycles. The number of carbonyl (C=O) groups is 1. The molecule has 1 aliphatic rings. The summed E-state index contributed by atoms with van der Waals surface area (Å²) in [5, 5.41) is 3.90. The average molecular weight is 320 g/mol. The largest absolute Gasteiger partial charge is 0.346 e. The lowest BCUT2D eigenvalue weighted by Gasteiger charge is -2.14. The maximum Gasteiger partial charge on any atom is 0.255 e. The van der Waals surface area contributed by atoms with Crippen molar-refractivity contribution in [1.82, 2.24) is 9.97 Å². The number of pyridine rings is 1. The smallest absolute Gasteiger partial charge is 0.255 e. The van der Waals surface area contributed by atoms with Crippen molar-refractivity contribution in [2.75, 3.05) is 5.32 Å². The molecular formula is C19H20N4O. The number of hydrogen-bond donors (Lipinski definition) is 3. The van der Waals surface area contributed by atoms with Gasteiger partial charge in [-0.25, -0.2) is 4.98 Å². The van der Waals surface area contributed by atoms with Crippen molar-refractivity contribution >= 4 is 22.6 Å². The molecule has 0 unspecified atom stereocenters. The predicted molar refractivity (Wildman–Crippen MR) is 95.0 cm³/mol. The van der Waals surface area contributed by atoms with Gasteiger partial charge >= 0.3 is 0 Å². The van der Waals surface area contributed by atoms with E-state index in [1.54, 1.807) is 6.20 Å². The molecule has 0 spiro atoms. The van der Waals surface area contributed by atoms with Gasteiger partial charge in [-0.1, -0.05) is 12.5 Å². The van der Waals surface area contributed by atoms with Crippen LogP contribution in [0.4, 0.5) is 5.69 Å². The van der Waals surface area contributed by atoms with Crippen LogP contribution in [0.25, 0.3) is 11.0 Å². The van der Waals surface area contributed by atoms with Crippen LogP contribution in [0.1, 0.15) is 46.8 Å². The fourth-order valence-corrected chi connectivity index (χ4v) is 3.42. The Balaban J connectivity index is 1.63. The lowest BCUT2D eigenvalue weighted by atomic mass is 9.97. The number of amides is 1. The van der Waals surface area contributed by atoms with Gasteiger partial charge in [0.2, 0.25) is 0 Å². The van der Waals surface area contributed by atoms with Crippen LogP contribution in [0.2, 0.25) is 0 Å². The SMILES string of the molecule is N[C@H]1CCCCc2cc(C(=O)Nc3ccnc4[nH]ccc34)ccc21.